The average Bonchev–Trinajstić information content (AvgIpc) is 3.25. The zero-order chi connectivity index (χ0) is 24.5. The molecule has 0 radical (unpaired) electrons. The first-order chi connectivity index (χ1) is 17.1. The minimum Gasteiger partial charge on any atom is -0.486 e. The van der Waals surface area contributed by atoms with Crippen LogP contribution >= 0.6 is 11.8 Å². The molecule has 0 atom stereocenters. The van der Waals surface area contributed by atoms with Crippen molar-refractivity contribution in [1.29, 1.82) is 0 Å². The van der Waals surface area contributed by atoms with Crippen molar-refractivity contribution in [2.45, 2.75) is 24.1 Å². The highest BCUT2D eigenvalue weighted by Crippen LogP contribution is 2.27. The molecule has 1 aromatic heterocycles. The molecule has 4 rings (SSSR count). The fourth-order valence-corrected chi connectivity index (χ4v) is 4.32. The number of nitrogen functional groups attached to an aromatic ring is 1. The lowest BCUT2D eigenvalue weighted by Gasteiger charge is -2.18. The highest BCUT2D eigenvalue weighted by atomic mass is 32.2. The van der Waals surface area contributed by atoms with Crippen LogP contribution < -0.4 is 15.9 Å². The fourth-order valence-electron chi connectivity index (χ4n) is 3.62. The first-order valence-electron chi connectivity index (χ1n) is 11.2. The molecule has 180 valence electrons. The van der Waals surface area contributed by atoms with Gasteiger partial charge < -0.3 is 15.9 Å². The first-order valence-corrected chi connectivity index (χ1v) is 12.2. The van der Waals surface area contributed by atoms with Gasteiger partial charge in [-0.2, -0.15) is 0 Å². The molecule has 0 spiro atoms. The van der Waals surface area contributed by atoms with Gasteiger partial charge in [-0.15, -0.1) is 10.2 Å². The third kappa shape index (κ3) is 6.83. The second kappa shape index (κ2) is 12.0. The minimum absolute atomic E-state index is 0.0717. The maximum atomic E-state index is 13.0. The smallest absolute Gasteiger partial charge is 0.230 e. The molecule has 0 saturated heterocycles. The average molecular weight is 492 g/mol. The number of halogens is 1. The fraction of sp³-hybridized carbons (Fsp3) is 0.192. The summed E-state index contributed by atoms with van der Waals surface area (Å²) in [5, 5.41) is 11.4. The van der Waals surface area contributed by atoms with Crippen molar-refractivity contribution in [3.8, 4) is 5.75 Å². The number of hydrogen-bond acceptors (Lipinski definition) is 6. The van der Waals surface area contributed by atoms with Crippen LogP contribution in [-0.2, 0) is 11.4 Å². The number of aromatic nitrogens is 3. The van der Waals surface area contributed by atoms with Crippen LogP contribution in [0.25, 0.3) is 0 Å². The number of amides is 1. The van der Waals surface area contributed by atoms with Crippen LogP contribution in [0.15, 0.2) is 90.1 Å². The highest BCUT2D eigenvalue weighted by Gasteiger charge is 2.16. The van der Waals surface area contributed by atoms with E-state index in [9.17, 15) is 9.18 Å². The molecular weight excluding hydrogens is 465 g/mol. The summed E-state index contributed by atoms with van der Waals surface area (Å²) >= 11 is 1.20. The molecule has 7 nitrogen and oxygen atoms in total. The molecule has 3 aromatic carbocycles. The van der Waals surface area contributed by atoms with E-state index < -0.39 is 0 Å². The Morgan fingerprint density at radius 3 is 2.23 bits per heavy atom. The monoisotopic (exact) mass is 491 g/mol. The molecule has 0 bridgehead atoms. The van der Waals surface area contributed by atoms with Crippen LogP contribution in [0, 0.1) is 5.82 Å². The van der Waals surface area contributed by atoms with Crippen LogP contribution in [0.1, 0.15) is 29.3 Å². The van der Waals surface area contributed by atoms with Crippen molar-refractivity contribution in [2.24, 2.45) is 0 Å². The molecule has 0 aliphatic heterocycles. The Hall–Kier alpha value is -3.85. The van der Waals surface area contributed by atoms with Gasteiger partial charge in [0.2, 0.25) is 11.1 Å². The lowest BCUT2D eigenvalue weighted by molar-refractivity contribution is -0.118. The van der Waals surface area contributed by atoms with Crippen molar-refractivity contribution in [3.63, 3.8) is 0 Å². The summed E-state index contributed by atoms with van der Waals surface area (Å²) in [6.45, 7) is 0.613. The van der Waals surface area contributed by atoms with E-state index in [1.165, 1.54) is 51.8 Å². The van der Waals surface area contributed by atoms with Gasteiger partial charge in [0.05, 0.1) is 5.75 Å². The summed E-state index contributed by atoms with van der Waals surface area (Å²) in [7, 11) is 0. The van der Waals surface area contributed by atoms with Gasteiger partial charge >= 0.3 is 0 Å². The Balaban J connectivity index is 1.25. The van der Waals surface area contributed by atoms with Gasteiger partial charge in [-0.3, -0.25) is 4.79 Å². The number of carbonyl (C=O) groups excluding carboxylic acids is 1. The number of nitrogens with zero attached hydrogens (tertiary/aromatic N) is 3. The number of nitrogens with two attached hydrogens (primary N) is 1. The number of thioether (sulfide) groups is 1. The molecule has 0 aliphatic rings. The number of nitrogens with one attached hydrogen (secondary N) is 1. The van der Waals surface area contributed by atoms with E-state index in [0.29, 0.717) is 23.3 Å². The van der Waals surface area contributed by atoms with E-state index in [4.69, 9.17) is 10.6 Å². The van der Waals surface area contributed by atoms with E-state index in [-0.39, 0.29) is 30.0 Å². The Kier molecular flexibility index (Phi) is 8.34. The van der Waals surface area contributed by atoms with E-state index in [1.54, 1.807) is 0 Å². The molecule has 0 saturated carbocycles. The molecule has 0 aliphatic carbocycles. The summed E-state index contributed by atoms with van der Waals surface area (Å²) < 4.78 is 19.9. The molecule has 4 aromatic rings. The van der Waals surface area contributed by atoms with Crippen LogP contribution in [0.2, 0.25) is 0 Å². The molecule has 35 heavy (non-hydrogen) atoms. The number of ether oxygens (including phenoxy) is 1. The number of carbonyl (C=O) groups is 1. The lowest BCUT2D eigenvalue weighted by Crippen LogP contribution is -2.27. The van der Waals surface area contributed by atoms with Gasteiger partial charge in [-0.1, -0.05) is 72.4 Å². The summed E-state index contributed by atoms with van der Waals surface area (Å²) in [6, 6.07) is 26.2. The van der Waals surface area contributed by atoms with Crippen molar-refractivity contribution in [3.05, 3.63) is 108 Å². The van der Waals surface area contributed by atoms with Crippen molar-refractivity contribution >= 4 is 17.7 Å². The lowest BCUT2D eigenvalue weighted by atomic mass is 9.88. The molecule has 9 heteroatoms. The quantitative estimate of drug-likeness (QED) is 0.242. The molecule has 1 amide bonds. The molecule has 0 unspecified atom stereocenters. The van der Waals surface area contributed by atoms with Crippen molar-refractivity contribution in [2.75, 3.05) is 18.1 Å². The number of hydrogen-bond donors (Lipinski definition) is 2. The maximum absolute atomic E-state index is 13.0. The zero-order valence-electron chi connectivity index (χ0n) is 19.0. The van der Waals surface area contributed by atoms with Gasteiger partial charge in [0.25, 0.3) is 0 Å². The van der Waals surface area contributed by atoms with E-state index >= 15 is 0 Å². The van der Waals surface area contributed by atoms with Crippen LogP contribution in [0.3, 0.4) is 0 Å². The second-order valence-electron chi connectivity index (χ2n) is 7.81. The van der Waals surface area contributed by atoms with Gasteiger partial charge in [-0.25, -0.2) is 9.07 Å². The Bertz CT molecular complexity index is 1180. The summed E-state index contributed by atoms with van der Waals surface area (Å²) in [4.78, 5) is 12.4. The van der Waals surface area contributed by atoms with Crippen LogP contribution in [0.5, 0.6) is 5.75 Å². The molecule has 1 heterocycles. The first kappa shape index (κ1) is 24.3. The summed E-state index contributed by atoms with van der Waals surface area (Å²) in [6.07, 6.45) is 0.780. The summed E-state index contributed by atoms with van der Waals surface area (Å²) in [5.74, 6) is 6.84. The number of rotatable bonds is 11. The second-order valence-corrected chi connectivity index (χ2v) is 8.76. The molecule has 0 fully saturated rings. The summed E-state index contributed by atoms with van der Waals surface area (Å²) in [5.41, 5.74) is 2.43. The SMILES string of the molecule is Nn1c(COc2ccc(F)cc2)nnc1SCC(=O)NCCC(c1ccccc1)c1ccccc1. The van der Waals surface area contributed by atoms with Crippen molar-refractivity contribution < 1.29 is 13.9 Å². The van der Waals surface area contributed by atoms with Gasteiger partial charge in [0.1, 0.15) is 18.2 Å². The van der Waals surface area contributed by atoms with E-state index in [0.717, 1.165) is 6.42 Å². The Labute approximate surface area is 207 Å². The third-order valence-electron chi connectivity index (χ3n) is 5.41. The molecular formula is C26H26FN5O2S. The highest BCUT2D eigenvalue weighted by molar-refractivity contribution is 7.99. The van der Waals surface area contributed by atoms with Crippen LogP contribution in [-0.4, -0.2) is 33.1 Å². The Morgan fingerprint density at radius 1 is 0.971 bits per heavy atom. The minimum atomic E-state index is -0.341. The maximum Gasteiger partial charge on any atom is 0.230 e. The predicted molar refractivity (Wildman–Crippen MR) is 134 cm³/mol. The van der Waals surface area contributed by atoms with Crippen LogP contribution in [0.4, 0.5) is 4.39 Å². The normalized spacial score (nSPS) is 10.9. The third-order valence-corrected chi connectivity index (χ3v) is 6.35. The zero-order valence-corrected chi connectivity index (χ0v) is 19.8. The van der Waals surface area contributed by atoms with Gasteiger partial charge in [0.15, 0.2) is 5.82 Å². The predicted octanol–water partition coefficient (Wildman–Crippen LogP) is 4.14. The van der Waals surface area contributed by atoms with Crippen molar-refractivity contribution in [1.82, 2.24) is 20.2 Å². The standard InChI is InChI=1S/C26H26FN5O2S/c27-21-11-13-22(14-12-21)34-17-24-30-31-26(32(24)28)35-18-25(33)29-16-15-23(19-7-3-1-4-8-19)20-9-5-2-6-10-20/h1-14,23H,15-18,28H2,(H,29,33). The molecule has 3 N–H and O–H groups in total. The largest absolute Gasteiger partial charge is 0.486 e. The Morgan fingerprint density at radius 2 is 1.60 bits per heavy atom. The topological polar surface area (TPSA) is 95.1 Å². The van der Waals surface area contributed by atoms with Gasteiger partial charge in [0, 0.05) is 12.5 Å². The number of benzene rings is 3. The van der Waals surface area contributed by atoms with E-state index in [1.807, 2.05) is 36.4 Å². The van der Waals surface area contributed by atoms with Gasteiger partial charge in [-0.05, 0) is 41.8 Å². The van der Waals surface area contributed by atoms with E-state index in [2.05, 4.69) is 39.8 Å².